The van der Waals surface area contributed by atoms with E-state index in [0.717, 1.165) is 38.9 Å². The molecule has 0 aromatic heterocycles. The van der Waals surface area contributed by atoms with E-state index in [2.05, 4.69) is 0 Å². The Morgan fingerprint density at radius 3 is 1.57 bits per heavy atom. The minimum atomic E-state index is -0.145. The number of hydrogen-bond acceptors (Lipinski definition) is 4. The highest BCUT2D eigenvalue weighted by Gasteiger charge is 2.24. The van der Waals surface area contributed by atoms with Gasteiger partial charge in [-0.25, -0.2) is 0 Å². The Kier molecular flexibility index (Phi) is 5.23. The van der Waals surface area contributed by atoms with E-state index >= 15 is 0 Å². The smallest absolute Gasteiger partial charge is 0.160 e. The number of hydrogen-bond donors (Lipinski definition) is 3. The molecule has 4 heteroatoms. The van der Waals surface area contributed by atoms with Gasteiger partial charge in [-0.05, 0) is 90.9 Å². The van der Waals surface area contributed by atoms with Crippen molar-refractivity contribution in [3.8, 4) is 23.0 Å². The number of methoxy groups -OCH3 is 1. The number of rotatable bonds is 4. The molecule has 0 saturated carbocycles. The molecular weight excluding hydrogens is 352 g/mol. The third kappa shape index (κ3) is 3.26. The van der Waals surface area contributed by atoms with E-state index in [0.29, 0.717) is 5.75 Å². The average molecular weight is 378 g/mol. The fourth-order valence-corrected chi connectivity index (χ4v) is 3.68. The van der Waals surface area contributed by atoms with Gasteiger partial charge in [0.2, 0.25) is 0 Å². The monoisotopic (exact) mass is 378 g/mol. The molecular formula is C24H26O4. The van der Waals surface area contributed by atoms with E-state index in [1.165, 1.54) is 7.11 Å². The number of ether oxygens (including phenoxy) is 1. The Balaban J connectivity index is 2.33. The normalized spacial score (nSPS) is 11.1. The minimum Gasteiger partial charge on any atom is -0.508 e. The largest absolute Gasteiger partial charge is 0.508 e. The Hall–Kier alpha value is -3.14. The lowest BCUT2D eigenvalue weighted by Crippen LogP contribution is -2.09. The fourth-order valence-electron chi connectivity index (χ4n) is 3.68. The highest BCUT2D eigenvalue weighted by Crippen LogP contribution is 2.42. The van der Waals surface area contributed by atoms with Gasteiger partial charge in [0, 0.05) is 5.92 Å². The molecule has 146 valence electrons. The molecule has 3 aromatic carbocycles. The molecule has 3 N–H and O–H groups in total. The van der Waals surface area contributed by atoms with Crippen molar-refractivity contribution in [1.29, 1.82) is 0 Å². The van der Waals surface area contributed by atoms with Gasteiger partial charge in [-0.1, -0.05) is 18.2 Å². The molecule has 0 aliphatic carbocycles. The van der Waals surface area contributed by atoms with Crippen molar-refractivity contribution in [1.82, 2.24) is 0 Å². The number of benzene rings is 3. The highest BCUT2D eigenvalue weighted by molar-refractivity contribution is 5.57. The molecule has 28 heavy (non-hydrogen) atoms. The summed E-state index contributed by atoms with van der Waals surface area (Å²) in [5.74, 6) is 0.878. The second kappa shape index (κ2) is 7.47. The van der Waals surface area contributed by atoms with E-state index in [9.17, 15) is 15.3 Å². The van der Waals surface area contributed by atoms with Crippen LogP contribution in [0, 0.1) is 27.7 Å². The summed E-state index contributed by atoms with van der Waals surface area (Å²) in [5, 5.41) is 30.3. The van der Waals surface area contributed by atoms with Crippen LogP contribution in [-0.2, 0) is 0 Å². The maximum atomic E-state index is 10.1. The molecule has 0 unspecified atom stereocenters. The van der Waals surface area contributed by atoms with E-state index in [4.69, 9.17) is 4.74 Å². The minimum absolute atomic E-state index is 0.0854. The third-order valence-electron chi connectivity index (χ3n) is 5.76. The number of phenols is 3. The van der Waals surface area contributed by atoms with Crippen molar-refractivity contribution in [3.63, 3.8) is 0 Å². The summed E-state index contributed by atoms with van der Waals surface area (Å²) in [6.45, 7) is 7.80. The van der Waals surface area contributed by atoms with Gasteiger partial charge in [0.05, 0.1) is 7.11 Å². The SMILES string of the molecule is COc1cc(C(c2ccc(O)c(C)c2C)c2ccc(O)c(C)c2C)ccc1O. The van der Waals surface area contributed by atoms with Gasteiger partial charge in [0.15, 0.2) is 11.5 Å². The van der Waals surface area contributed by atoms with Crippen LogP contribution in [0.5, 0.6) is 23.0 Å². The summed E-state index contributed by atoms with van der Waals surface area (Å²) >= 11 is 0. The predicted molar refractivity (Wildman–Crippen MR) is 111 cm³/mol. The summed E-state index contributed by atoms with van der Waals surface area (Å²) in [4.78, 5) is 0. The zero-order chi connectivity index (χ0) is 20.6. The molecule has 0 atom stereocenters. The molecule has 4 nitrogen and oxygen atoms in total. The van der Waals surface area contributed by atoms with Crippen LogP contribution in [0.15, 0.2) is 42.5 Å². The van der Waals surface area contributed by atoms with E-state index in [1.54, 1.807) is 18.2 Å². The maximum absolute atomic E-state index is 10.1. The van der Waals surface area contributed by atoms with Crippen LogP contribution in [0.4, 0.5) is 0 Å². The van der Waals surface area contributed by atoms with Gasteiger partial charge < -0.3 is 20.1 Å². The van der Waals surface area contributed by atoms with E-state index in [-0.39, 0.29) is 23.2 Å². The molecule has 0 heterocycles. The summed E-state index contributed by atoms with van der Waals surface area (Å²) in [6.07, 6.45) is 0. The standard InChI is InChI=1S/C24H26O4/c1-13-15(3)20(25)10-7-18(13)24(17-6-9-22(27)23(12-17)28-5)19-8-11-21(26)16(4)14(19)2/h6-12,24-27H,1-5H3. The van der Waals surface area contributed by atoms with E-state index in [1.807, 2.05) is 52.0 Å². The Morgan fingerprint density at radius 2 is 1.11 bits per heavy atom. The first-order chi connectivity index (χ1) is 13.3. The second-order valence-corrected chi connectivity index (χ2v) is 7.21. The van der Waals surface area contributed by atoms with Crippen molar-refractivity contribution >= 4 is 0 Å². The lowest BCUT2D eigenvalue weighted by atomic mass is 9.79. The van der Waals surface area contributed by atoms with Crippen molar-refractivity contribution in [2.24, 2.45) is 0 Å². The van der Waals surface area contributed by atoms with Crippen LogP contribution in [0.25, 0.3) is 0 Å². The number of aromatic hydroxyl groups is 3. The number of phenolic OH excluding ortho intramolecular Hbond substituents is 3. The zero-order valence-electron chi connectivity index (χ0n) is 16.9. The topological polar surface area (TPSA) is 69.9 Å². The Labute approximate surface area is 165 Å². The van der Waals surface area contributed by atoms with Crippen LogP contribution in [0.2, 0.25) is 0 Å². The first-order valence-electron chi connectivity index (χ1n) is 9.21. The molecule has 0 spiro atoms. The van der Waals surface area contributed by atoms with Crippen molar-refractivity contribution in [2.45, 2.75) is 33.6 Å². The first-order valence-corrected chi connectivity index (χ1v) is 9.21. The van der Waals surface area contributed by atoms with Crippen LogP contribution in [0.1, 0.15) is 44.9 Å². The molecule has 3 aromatic rings. The van der Waals surface area contributed by atoms with Gasteiger partial charge in [0.25, 0.3) is 0 Å². The van der Waals surface area contributed by atoms with Crippen molar-refractivity contribution in [3.05, 3.63) is 81.4 Å². The van der Waals surface area contributed by atoms with Crippen LogP contribution in [-0.4, -0.2) is 22.4 Å². The van der Waals surface area contributed by atoms with Gasteiger partial charge in [0.1, 0.15) is 11.5 Å². The van der Waals surface area contributed by atoms with Crippen LogP contribution < -0.4 is 4.74 Å². The Morgan fingerprint density at radius 1 is 0.643 bits per heavy atom. The van der Waals surface area contributed by atoms with Gasteiger partial charge in [-0.15, -0.1) is 0 Å². The van der Waals surface area contributed by atoms with Gasteiger partial charge in [-0.3, -0.25) is 0 Å². The molecule has 0 amide bonds. The molecule has 0 aliphatic heterocycles. The average Bonchev–Trinajstić information content (AvgIpc) is 2.68. The molecule has 0 radical (unpaired) electrons. The van der Waals surface area contributed by atoms with Crippen molar-refractivity contribution < 1.29 is 20.1 Å². The molecule has 0 fully saturated rings. The molecule has 3 rings (SSSR count). The summed E-state index contributed by atoms with van der Waals surface area (Å²) in [6, 6.07) is 12.6. The quantitative estimate of drug-likeness (QED) is 0.544. The maximum Gasteiger partial charge on any atom is 0.160 e. The zero-order valence-corrected chi connectivity index (χ0v) is 16.9. The van der Waals surface area contributed by atoms with Crippen molar-refractivity contribution in [2.75, 3.05) is 7.11 Å². The molecule has 0 bridgehead atoms. The first kappa shape index (κ1) is 19.6. The van der Waals surface area contributed by atoms with Gasteiger partial charge in [-0.2, -0.15) is 0 Å². The fraction of sp³-hybridized carbons (Fsp3) is 0.250. The predicted octanol–water partition coefficient (Wildman–Crippen LogP) is 5.23. The van der Waals surface area contributed by atoms with E-state index < -0.39 is 0 Å². The second-order valence-electron chi connectivity index (χ2n) is 7.21. The summed E-state index contributed by atoms with van der Waals surface area (Å²) < 4.78 is 5.32. The highest BCUT2D eigenvalue weighted by atomic mass is 16.5. The van der Waals surface area contributed by atoms with Crippen LogP contribution in [0.3, 0.4) is 0 Å². The lowest BCUT2D eigenvalue weighted by molar-refractivity contribution is 0.373. The summed E-state index contributed by atoms with van der Waals surface area (Å²) in [7, 11) is 1.53. The molecule has 0 aliphatic rings. The third-order valence-corrected chi connectivity index (χ3v) is 5.76. The van der Waals surface area contributed by atoms with Crippen LogP contribution >= 0.6 is 0 Å². The van der Waals surface area contributed by atoms with Gasteiger partial charge >= 0.3 is 0 Å². The molecule has 0 saturated heterocycles. The Bertz CT molecular complexity index is 980. The summed E-state index contributed by atoms with van der Waals surface area (Å²) in [5.41, 5.74) is 6.73. The lowest BCUT2D eigenvalue weighted by Gasteiger charge is -2.25.